The van der Waals surface area contributed by atoms with E-state index in [2.05, 4.69) is 41.1 Å². The van der Waals surface area contributed by atoms with Crippen molar-refractivity contribution in [3.8, 4) is 11.5 Å². The number of aromatic amines is 1. The minimum atomic E-state index is 0.821. The molecule has 0 saturated heterocycles. The highest BCUT2D eigenvalue weighted by molar-refractivity contribution is 5.48. The molecule has 0 fully saturated rings. The van der Waals surface area contributed by atoms with Gasteiger partial charge in [0, 0.05) is 30.9 Å². The lowest BCUT2D eigenvalue weighted by Gasteiger charge is -2.19. The van der Waals surface area contributed by atoms with Crippen molar-refractivity contribution >= 4 is 0 Å². The summed E-state index contributed by atoms with van der Waals surface area (Å²) < 4.78 is 10.9. The summed E-state index contributed by atoms with van der Waals surface area (Å²) in [6, 6.07) is 4.26. The van der Waals surface area contributed by atoms with Crippen molar-refractivity contribution in [2.24, 2.45) is 0 Å². The zero-order chi connectivity index (χ0) is 16.4. The van der Waals surface area contributed by atoms with Crippen LogP contribution >= 0.6 is 0 Å². The quantitative estimate of drug-likeness (QED) is 0.942. The van der Waals surface area contributed by atoms with Crippen LogP contribution in [-0.2, 0) is 19.4 Å². The van der Waals surface area contributed by atoms with Gasteiger partial charge >= 0.3 is 0 Å². The molecule has 1 aromatic heterocycles. The standard InChI is InChI=1S/C18H25N3O2/c1-12-16(13(2)20-19-12)11-21-7-5-14-9-17(22-3)18(23-4)10-15(14)6-8-21/h9-10H,5-8,11H2,1-4H3,(H,19,20). The van der Waals surface area contributed by atoms with Crippen LogP contribution in [0.2, 0.25) is 0 Å². The lowest BCUT2D eigenvalue weighted by molar-refractivity contribution is 0.278. The predicted octanol–water partition coefficient (Wildman–Crippen LogP) is 2.64. The summed E-state index contributed by atoms with van der Waals surface area (Å²) in [5.41, 5.74) is 6.34. The largest absolute Gasteiger partial charge is 0.493 e. The Labute approximate surface area is 137 Å². The van der Waals surface area contributed by atoms with Gasteiger partial charge in [0.05, 0.1) is 19.9 Å². The van der Waals surface area contributed by atoms with Gasteiger partial charge in [-0.05, 0) is 49.9 Å². The number of aromatic nitrogens is 2. The number of hydrogen-bond donors (Lipinski definition) is 1. The first-order chi connectivity index (χ1) is 11.1. The molecular weight excluding hydrogens is 290 g/mol. The third-order valence-corrected chi connectivity index (χ3v) is 4.76. The zero-order valence-electron chi connectivity index (χ0n) is 14.4. The normalized spacial score (nSPS) is 15.1. The van der Waals surface area contributed by atoms with E-state index in [0.29, 0.717) is 0 Å². The highest BCUT2D eigenvalue weighted by atomic mass is 16.5. The van der Waals surface area contributed by atoms with Crippen LogP contribution in [0.1, 0.15) is 28.1 Å². The summed E-state index contributed by atoms with van der Waals surface area (Å²) in [4.78, 5) is 2.50. The molecule has 1 aromatic carbocycles. The highest BCUT2D eigenvalue weighted by Crippen LogP contribution is 2.32. The Kier molecular flexibility index (Phi) is 4.57. The second kappa shape index (κ2) is 6.62. The number of aryl methyl sites for hydroxylation is 2. The van der Waals surface area contributed by atoms with Gasteiger partial charge in [-0.25, -0.2) is 0 Å². The third-order valence-electron chi connectivity index (χ3n) is 4.76. The number of methoxy groups -OCH3 is 2. The second-order valence-electron chi connectivity index (χ2n) is 6.16. The summed E-state index contributed by atoms with van der Waals surface area (Å²) in [6.07, 6.45) is 2.07. The number of rotatable bonds is 4. The molecule has 1 N–H and O–H groups in total. The molecule has 2 aromatic rings. The molecule has 5 nitrogen and oxygen atoms in total. The van der Waals surface area contributed by atoms with Crippen molar-refractivity contribution in [1.82, 2.24) is 15.1 Å². The van der Waals surface area contributed by atoms with Gasteiger partial charge in [0.1, 0.15) is 0 Å². The molecule has 2 heterocycles. The maximum Gasteiger partial charge on any atom is 0.161 e. The summed E-state index contributed by atoms with van der Waals surface area (Å²) in [5.74, 6) is 1.64. The number of nitrogens with zero attached hydrogens (tertiary/aromatic N) is 2. The van der Waals surface area contributed by atoms with Crippen LogP contribution in [0.25, 0.3) is 0 Å². The molecule has 124 valence electrons. The van der Waals surface area contributed by atoms with Crippen molar-refractivity contribution in [2.75, 3.05) is 27.3 Å². The van der Waals surface area contributed by atoms with E-state index in [1.165, 1.54) is 22.4 Å². The van der Waals surface area contributed by atoms with E-state index in [1.807, 2.05) is 0 Å². The van der Waals surface area contributed by atoms with Gasteiger partial charge in [0.25, 0.3) is 0 Å². The fourth-order valence-electron chi connectivity index (χ4n) is 3.29. The van der Waals surface area contributed by atoms with Gasteiger partial charge in [-0.1, -0.05) is 0 Å². The van der Waals surface area contributed by atoms with Crippen LogP contribution in [0.4, 0.5) is 0 Å². The number of H-pyrrole nitrogens is 1. The molecule has 0 bridgehead atoms. The molecule has 0 radical (unpaired) electrons. The van der Waals surface area contributed by atoms with E-state index in [1.54, 1.807) is 14.2 Å². The minimum absolute atomic E-state index is 0.821. The van der Waals surface area contributed by atoms with E-state index < -0.39 is 0 Å². The topological polar surface area (TPSA) is 50.4 Å². The molecule has 0 unspecified atom stereocenters. The summed E-state index contributed by atoms with van der Waals surface area (Å²) in [5, 5.41) is 7.38. The van der Waals surface area contributed by atoms with Crippen molar-refractivity contribution < 1.29 is 9.47 Å². The van der Waals surface area contributed by atoms with Crippen LogP contribution in [-0.4, -0.2) is 42.4 Å². The summed E-state index contributed by atoms with van der Waals surface area (Å²) in [7, 11) is 3.38. The molecule has 0 saturated carbocycles. The van der Waals surface area contributed by atoms with Gasteiger partial charge < -0.3 is 9.47 Å². The first-order valence-corrected chi connectivity index (χ1v) is 8.09. The number of nitrogens with one attached hydrogen (secondary N) is 1. The van der Waals surface area contributed by atoms with Crippen LogP contribution in [0.5, 0.6) is 11.5 Å². The van der Waals surface area contributed by atoms with E-state index in [-0.39, 0.29) is 0 Å². The lowest BCUT2D eigenvalue weighted by Crippen LogP contribution is -2.26. The van der Waals surface area contributed by atoms with E-state index in [0.717, 1.165) is 49.7 Å². The monoisotopic (exact) mass is 315 g/mol. The smallest absolute Gasteiger partial charge is 0.161 e. The molecule has 5 heteroatoms. The van der Waals surface area contributed by atoms with Crippen LogP contribution in [0.3, 0.4) is 0 Å². The average molecular weight is 315 g/mol. The SMILES string of the molecule is COc1cc2c(cc1OC)CCN(Cc1c(C)n[nH]c1C)CC2. The first kappa shape index (κ1) is 15.9. The molecule has 23 heavy (non-hydrogen) atoms. The van der Waals surface area contributed by atoms with Crippen molar-refractivity contribution in [3.63, 3.8) is 0 Å². The van der Waals surface area contributed by atoms with Gasteiger partial charge in [0.2, 0.25) is 0 Å². The van der Waals surface area contributed by atoms with Gasteiger partial charge in [-0.2, -0.15) is 5.10 Å². The minimum Gasteiger partial charge on any atom is -0.493 e. The first-order valence-electron chi connectivity index (χ1n) is 8.09. The summed E-state index contributed by atoms with van der Waals surface area (Å²) >= 11 is 0. The molecule has 0 aliphatic carbocycles. The number of ether oxygens (including phenoxy) is 2. The predicted molar refractivity (Wildman–Crippen MR) is 90.3 cm³/mol. The van der Waals surface area contributed by atoms with E-state index >= 15 is 0 Å². The Balaban J connectivity index is 1.77. The Bertz CT molecular complexity index is 639. The van der Waals surface area contributed by atoms with Gasteiger partial charge in [-0.3, -0.25) is 10.00 Å². The van der Waals surface area contributed by atoms with Crippen molar-refractivity contribution in [1.29, 1.82) is 0 Å². The van der Waals surface area contributed by atoms with Crippen LogP contribution in [0, 0.1) is 13.8 Å². The summed E-state index contributed by atoms with van der Waals surface area (Å²) in [6.45, 7) is 7.22. The molecule has 1 aliphatic rings. The Morgan fingerprint density at radius 1 is 1.04 bits per heavy atom. The molecule has 0 amide bonds. The van der Waals surface area contributed by atoms with E-state index in [4.69, 9.17) is 9.47 Å². The van der Waals surface area contributed by atoms with Gasteiger partial charge in [0.15, 0.2) is 11.5 Å². The fourth-order valence-corrected chi connectivity index (χ4v) is 3.29. The Hall–Kier alpha value is -2.01. The van der Waals surface area contributed by atoms with Crippen LogP contribution < -0.4 is 9.47 Å². The number of hydrogen-bond acceptors (Lipinski definition) is 4. The zero-order valence-corrected chi connectivity index (χ0v) is 14.4. The molecular formula is C18H25N3O2. The third kappa shape index (κ3) is 3.20. The molecule has 0 atom stereocenters. The van der Waals surface area contributed by atoms with E-state index in [9.17, 15) is 0 Å². The highest BCUT2D eigenvalue weighted by Gasteiger charge is 2.19. The van der Waals surface area contributed by atoms with Crippen molar-refractivity contribution in [2.45, 2.75) is 33.2 Å². The maximum atomic E-state index is 5.44. The molecule has 3 rings (SSSR count). The Morgan fingerprint density at radius 2 is 1.61 bits per heavy atom. The Morgan fingerprint density at radius 3 is 2.04 bits per heavy atom. The molecule has 0 spiro atoms. The van der Waals surface area contributed by atoms with Crippen molar-refractivity contribution in [3.05, 3.63) is 40.2 Å². The number of fused-ring (bicyclic) bond motifs is 1. The van der Waals surface area contributed by atoms with Gasteiger partial charge in [-0.15, -0.1) is 0 Å². The fraction of sp³-hybridized carbons (Fsp3) is 0.500. The average Bonchev–Trinajstić information content (AvgIpc) is 2.76. The number of benzene rings is 1. The van der Waals surface area contributed by atoms with Crippen LogP contribution in [0.15, 0.2) is 12.1 Å². The lowest BCUT2D eigenvalue weighted by atomic mass is 10.0. The second-order valence-corrected chi connectivity index (χ2v) is 6.16. The molecule has 1 aliphatic heterocycles. The maximum absolute atomic E-state index is 5.44.